The third-order valence-corrected chi connectivity index (χ3v) is 4.04. The number of allylic oxidation sites excluding steroid dienone is 1. The van der Waals surface area contributed by atoms with Crippen molar-refractivity contribution in [3.63, 3.8) is 0 Å². The van der Waals surface area contributed by atoms with Gasteiger partial charge >= 0.3 is 0 Å². The van der Waals surface area contributed by atoms with Crippen molar-refractivity contribution in [2.24, 2.45) is 0 Å². The molecule has 0 radical (unpaired) electrons. The van der Waals surface area contributed by atoms with Crippen molar-refractivity contribution in [2.45, 2.75) is 25.9 Å². The van der Waals surface area contributed by atoms with Gasteiger partial charge in [-0.15, -0.1) is 0 Å². The topological polar surface area (TPSA) is 29.5 Å². The van der Waals surface area contributed by atoms with E-state index >= 15 is 0 Å². The van der Waals surface area contributed by atoms with E-state index in [0.717, 1.165) is 19.4 Å². The SMILES string of the molecule is C/C=C\COC1CCCN(C(=O)c2ccc(Cl)cc2Cl)C1. The van der Waals surface area contributed by atoms with Gasteiger partial charge in [0.1, 0.15) is 0 Å². The number of halogens is 2. The first kappa shape index (κ1) is 16.3. The Bertz CT molecular complexity index is 531. The molecule has 1 aliphatic heterocycles. The molecule has 0 aromatic heterocycles. The molecular formula is C16H19Cl2NO2. The van der Waals surface area contributed by atoms with Gasteiger partial charge in [-0.3, -0.25) is 4.79 Å². The summed E-state index contributed by atoms with van der Waals surface area (Å²) in [5, 5.41) is 0.923. The highest BCUT2D eigenvalue weighted by molar-refractivity contribution is 6.36. The molecule has 5 heteroatoms. The van der Waals surface area contributed by atoms with Crippen LogP contribution in [0.4, 0.5) is 0 Å². The molecule has 3 nitrogen and oxygen atoms in total. The summed E-state index contributed by atoms with van der Waals surface area (Å²) >= 11 is 12.0. The van der Waals surface area contributed by atoms with E-state index in [0.29, 0.717) is 28.8 Å². The van der Waals surface area contributed by atoms with Crippen molar-refractivity contribution in [3.05, 3.63) is 46.0 Å². The molecule has 0 spiro atoms. The third kappa shape index (κ3) is 4.47. The lowest BCUT2D eigenvalue weighted by Crippen LogP contribution is -2.43. The lowest BCUT2D eigenvalue weighted by molar-refractivity contribution is 0.0133. The van der Waals surface area contributed by atoms with Gasteiger partial charge in [-0.05, 0) is 38.0 Å². The number of carbonyl (C=O) groups excluding carboxylic acids is 1. The Kier molecular flexibility index (Phi) is 6.09. The van der Waals surface area contributed by atoms with Crippen molar-refractivity contribution in [1.82, 2.24) is 4.90 Å². The van der Waals surface area contributed by atoms with Crippen molar-refractivity contribution in [2.75, 3.05) is 19.7 Å². The Balaban J connectivity index is 2.01. The van der Waals surface area contributed by atoms with Gasteiger partial charge < -0.3 is 9.64 Å². The molecule has 21 heavy (non-hydrogen) atoms. The highest BCUT2D eigenvalue weighted by atomic mass is 35.5. The summed E-state index contributed by atoms with van der Waals surface area (Å²) in [5.74, 6) is -0.0593. The average molecular weight is 328 g/mol. The first-order valence-corrected chi connectivity index (χ1v) is 7.84. The summed E-state index contributed by atoms with van der Waals surface area (Å²) in [6, 6.07) is 4.96. The predicted molar refractivity (Wildman–Crippen MR) is 86.2 cm³/mol. The zero-order valence-corrected chi connectivity index (χ0v) is 13.5. The van der Waals surface area contributed by atoms with E-state index in [1.54, 1.807) is 23.1 Å². The molecule has 1 amide bonds. The number of nitrogens with zero attached hydrogens (tertiary/aromatic N) is 1. The van der Waals surface area contributed by atoms with Crippen molar-refractivity contribution < 1.29 is 9.53 Å². The first-order chi connectivity index (χ1) is 10.1. The predicted octanol–water partition coefficient (Wildman–Crippen LogP) is 4.19. The summed E-state index contributed by atoms with van der Waals surface area (Å²) < 4.78 is 5.75. The van der Waals surface area contributed by atoms with Crippen LogP contribution in [0, 0.1) is 0 Å². The Hall–Kier alpha value is -1.03. The minimum absolute atomic E-state index is 0.0593. The standard InChI is InChI=1S/C16H19Cl2NO2/c1-2-3-9-21-13-5-4-8-19(11-13)16(20)14-7-6-12(17)10-15(14)18/h2-3,6-7,10,13H,4-5,8-9,11H2,1H3/b3-2-. The van der Waals surface area contributed by atoms with Crippen LogP contribution >= 0.6 is 23.2 Å². The molecular weight excluding hydrogens is 309 g/mol. The summed E-state index contributed by atoms with van der Waals surface area (Å²) in [4.78, 5) is 14.3. The lowest BCUT2D eigenvalue weighted by Gasteiger charge is -2.32. The van der Waals surface area contributed by atoms with E-state index in [1.807, 2.05) is 19.1 Å². The van der Waals surface area contributed by atoms with Crippen molar-refractivity contribution in [3.8, 4) is 0 Å². The molecule has 1 aliphatic rings. The molecule has 0 bridgehead atoms. The number of benzene rings is 1. The van der Waals surface area contributed by atoms with Crippen LogP contribution in [0.5, 0.6) is 0 Å². The molecule has 1 aromatic carbocycles. The van der Waals surface area contributed by atoms with Crippen LogP contribution in [0.3, 0.4) is 0 Å². The fraction of sp³-hybridized carbons (Fsp3) is 0.438. The monoisotopic (exact) mass is 327 g/mol. The van der Waals surface area contributed by atoms with Crippen molar-refractivity contribution in [1.29, 1.82) is 0 Å². The molecule has 0 saturated carbocycles. The number of likely N-dealkylation sites (tertiary alicyclic amines) is 1. The van der Waals surface area contributed by atoms with Crippen molar-refractivity contribution >= 4 is 29.1 Å². The number of carbonyl (C=O) groups is 1. The maximum Gasteiger partial charge on any atom is 0.255 e. The zero-order valence-electron chi connectivity index (χ0n) is 12.0. The highest BCUT2D eigenvalue weighted by Gasteiger charge is 2.25. The van der Waals surface area contributed by atoms with Gasteiger partial charge in [0.2, 0.25) is 0 Å². The molecule has 1 aromatic rings. The Morgan fingerprint density at radius 1 is 1.48 bits per heavy atom. The summed E-state index contributed by atoms with van der Waals surface area (Å²) in [7, 11) is 0. The van der Waals surface area contributed by atoms with Gasteiger partial charge in [0.05, 0.1) is 23.3 Å². The fourth-order valence-corrected chi connectivity index (χ4v) is 2.87. The van der Waals surface area contributed by atoms with Crippen LogP contribution in [-0.4, -0.2) is 36.6 Å². The van der Waals surface area contributed by atoms with E-state index in [1.165, 1.54) is 0 Å². The van der Waals surface area contributed by atoms with Gasteiger partial charge in [0.15, 0.2) is 0 Å². The normalized spacial score (nSPS) is 19.2. The average Bonchev–Trinajstić information content (AvgIpc) is 2.47. The quantitative estimate of drug-likeness (QED) is 0.776. The molecule has 0 aliphatic carbocycles. The first-order valence-electron chi connectivity index (χ1n) is 7.09. The number of amides is 1. The van der Waals surface area contributed by atoms with Crippen LogP contribution in [0.2, 0.25) is 10.0 Å². The highest BCUT2D eigenvalue weighted by Crippen LogP contribution is 2.24. The minimum atomic E-state index is -0.0593. The van der Waals surface area contributed by atoms with E-state index in [9.17, 15) is 4.79 Å². The van der Waals surface area contributed by atoms with E-state index < -0.39 is 0 Å². The molecule has 114 valence electrons. The maximum absolute atomic E-state index is 12.5. The fourth-order valence-electron chi connectivity index (χ4n) is 2.38. The van der Waals surface area contributed by atoms with E-state index in [4.69, 9.17) is 27.9 Å². The maximum atomic E-state index is 12.5. The zero-order chi connectivity index (χ0) is 15.2. The Morgan fingerprint density at radius 2 is 2.29 bits per heavy atom. The van der Waals surface area contributed by atoms with Gasteiger partial charge in [0, 0.05) is 18.1 Å². The van der Waals surface area contributed by atoms with Crippen LogP contribution in [0.15, 0.2) is 30.4 Å². The second-order valence-electron chi connectivity index (χ2n) is 5.04. The van der Waals surface area contributed by atoms with Crippen LogP contribution in [-0.2, 0) is 4.74 Å². The number of rotatable bonds is 4. The Morgan fingerprint density at radius 3 is 3.00 bits per heavy atom. The lowest BCUT2D eigenvalue weighted by atomic mass is 10.1. The van der Waals surface area contributed by atoms with Gasteiger partial charge in [0.25, 0.3) is 5.91 Å². The number of hydrogen-bond acceptors (Lipinski definition) is 2. The van der Waals surface area contributed by atoms with Gasteiger partial charge in [-0.25, -0.2) is 0 Å². The van der Waals surface area contributed by atoms with Crippen LogP contribution in [0.1, 0.15) is 30.1 Å². The van der Waals surface area contributed by atoms with Gasteiger partial charge in [-0.1, -0.05) is 35.4 Å². The summed E-state index contributed by atoms with van der Waals surface area (Å²) in [6.07, 6.45) is 5.94. The Labute approximate surface area is 135 Å². The number of ether oxygens (including phenoxy) is 1. The number of piperidine rings is 1. The van der Waals surface area contributed by atoms with Crippen LogP contribution in [0.25, 0.3) is 0 Å². The van der Waals surface area contributed by atoms with Gasteiger partial charge in [-0.2, -0.15) is 0 Å². The molecule has 0 N–H and O–H groups in total. The second-order valence-corrected chi connectivity index (χ2v) is 5.89. The summed E-state index contributed by atoms with van der Waals surface area (Å²) in [6.45, 7) is 3.89. The molecule has 1 unspecified atom stereocenters. The van der Waals surface area contributed by atoms with E-state index in [-0.39, 0.29) is 12.0 Å². The molecule has 1 saturated heterocycles. The van der Waals surface area contributed by atoms with E-state index in [2.05, 4.69) is 0 Å². The molecule has 1 heterocycles. The second kappa shape index (κ2) is 7.83. The number of hydrogen-bond donors (Lipinski definition) is 0. The minimum Gasteiger partial charge on any atom is -0.372 e. The third-order valence-electron chi connectivity index (χ3n) is 3.49. The molecule has 1 atom stereocenters. The summed E-state index contributed by atoms with van der Waals surface area (Å²) in [5.41, 5.74) is 0.496. The largest absolute Gasteiger partial charge is 0.372 e. The van der Waals surface area contributed by atoms with Crippen LogP contribution < -0.4 is 0 Å². The molecule has 2 rings (SSSR count). The molecule has 1 fully saturated rings. The smallest absolute Gasteiger partial charge is 0.255 e.